The lowest BCUT2D eigenvalue weighted by Gasteiger charge is -2.35. The maximum Gasteiger partial charge on any atom is 0.224 e. The minimum atomic E-state index is 0.110. The third kappa shape index (κ3) is 4.99. The molecule has 0 spiro atoms. The van der Waals surface area contributed by atoms with Crippen molar-refractivity contribution in [2.75, 3.05) is 26.7 Å². The van der Waals surface area contributed by atoms with E-state index in [-0.39, 0.29) is 11.9 Å². The van der Waals surface area contributed by atoms with Crippen LogP contribution >= 0.6 is 0 Å². The van der Waals surface area contributed by atoms with Gasteiger partial charge in [0.15, 0.2) is 0 Å². The molecule has 1 fully saturated rings. The number of methoxy groups -OCH3 is 1. The van der Waals surface area contributed by atoms with E-state index in [1.54, 1.807) is 7.11 Å². The summed E-state index contributed by atoms with van der Waals surface area (Å²) >= 11 is 0. The van der Waals surface area contributed by atoms with Gasteiger partial charge < -0.3 is 10.1 Å². The average Bonchev–Trinajstić information content (AvgIpc) is 3.23. The third-order valence-corrected chi connectivity index (χ3v) is 6.35. The number of nitrogens with one attached hydrogen (secondary N) is 1. The van der Waals surface area contributed by atoms with Crippen LogP contribution in [-0.4, -0.2) is 37.6 Å². The Morgan fingerprint density at radius 3 is 2.52 bits per heavy atom. The van der Waals surface area contributed by atoms with Crippen molar-refractivity contribution in [1.29, 1.82) is 0 Å². The van der Waals surface area contributed by atoms with Crippen LogP contribution in [0.25, 0.3) is 0 Å². The van der Waals surface area contributed by atoms with Crippen LogP contribution in [0, 0.1) is 0 Å². The highest BCUT2D eigenvalue weighted by molar-refractivity contribution is 5.78. The Morgan fingerprint density at radius 1 is 1.00 bits per heavy atom. The number of ether oxygens (including phenoxy) is 1. The maximum atomic E-state index is 12.7. The molecule has 0 aromatic heterocycles. The highest BCUT2D eigenvalue weighted by atomic mass is 16.5. The Bertz CT molecular complexity index is 825. The Balaban J connectivity index is 1.40. The van der Waals surface area contributed by atoms with Crippen LogP contribution in [0.5, 0.6) is 5.75 Å². The molecule has 1 aliphatic heterocycles. The molecule has 1 heterocycles. The van der Waals surface area contributed by atoms with Crippen molar-refractivity contribution in [2.45, 2.75) is 51.0 Å². The number of carbonyl (C=O) groups is 1. The summed E-state index contributed by atoms with van der Waals surface area (Å²) in [5.74, 6) is 0.977. The first-order chi connectivity index (χ1) is 14.2. The van der Waals surface area contributed by atoms with Crippen molar-refractivity contribution < 1.29 is 9.53 Å². The number of rotatable bonds is 7. The van der Waals surface area contributed by atoms with E-state index in [0.29, 0.717) is 13.0 Å². The zero-order chi connectivity index (χ0) is 20.1. The van der Waals surface area contributed by atoms with Gasteiger partial charge in [-0.05, 0) is 79.6 Å². The lowest BCUT2D eigenvalue weighted by atomic mass is 10.0. The summed E-state index contributed by atoms with van der Waals surface area (Å²) in [4.78, 5) is 15.2. The SMILES string of the molecule is COc1ccc([C@@H](CNC(=O)Cc2ccc3c(c2)CCC3)N2CCCCC2)cc1. The number of hydrogen-bond acceptors (Lipinski definition) is 3. The standard InChI is InChI=1S/C25H32N2O2/c1-29-23-12-10-21(11-13-23)24(27-14-3-2-4-15-27)18-26-25(28)17-19-8-9-20-6-5-7-22(20)16-19/h8-13,16,24H,2-7,14-15,17-18H2,1H3,(H,26,28)/t24-/m1/s1. The lowest BCUT2D eigenvalue weighted by molar-refractivity contribution is -0.120. The smallest absolute Gasteiger partial charge is 0.224 e. The van der Waals surface area contributed by atoms with Gasteiger partial charge in [0.05, 0.1) is 19.6 Å². The van der Waals surface area contributed by atoms with Gasteiger partial charge in [0, 0.05) is 6.54 Å². The number of carbonyl (C=O) groups excluding carboxylic acids is 1. The molecule has 1 amide bonds. The molecule has 1 N–H and O–H groups in total. The lowest BCUT2D eigenvalue weighted by Crippen LogP contribution is -2.41. The molecule has 2 aliphatic rings. The fraction of sp³-hybridized carbons (Fsp3) is 0.480. The second-order valence-corrected chi connectivity index (χ2v) is 8.32. The van der Waals surface area contributed by atoms with Gasteiger partial charge in [-0.15, -0.1) is 0 Å². The van der Waals surface area contributed by atoms with Gasteiger partial charge in [-0.2, -0.15) is 0 Å². The summed E-state index contributed by atoms with van der Waals surface area (Å²) in [6, 6.07) is 15.1. The second kappa shape index (κ2) is 9.45. The number of amides is 1. The molecule has 2 aromatic carbocycles. The molecule has 2 aromatic rings. The molecule has 1 aliphatic carbocycles. The third-order valence-electron chi connectivity index (χ3n) is 6.35. The molecule has 0 bridgehead atoms. The maximum absolute atomic E-state index is 12.7. The minimum absolute atomic E-state index is 0.110. The molecule has 0 saturated carbocycles. The van der Waals surface area contributed by atoms with Crippen LogP contribution in [0.1, 0.15) is 54.0 Å². The highest BCUT2D eigenvalue weighted by Gasteiger charge is 2.23. The zero-order valence-corrected chi connectivity index (χ0v) is 17.5. The van der Waals surface area contributed by atoms with Gasteiger partial charge in [0.2, 0.25) is 5.91 Å². The molecule has 4 rings (SSSR count). The first-order valence-electron chi connectivity index (χ1n) is 11.0. The van der Waals surface area contributed by atoms with E-state index >= 15 is 0 Å². The highest BCUT2D eigenvalue weighted by Crippen LogP contribution is 2.26. The molecule has 0 unspecified atom stereocenters. The fourth-order valence-corrected chi connectivity index (χ4v) is 4.71. The molecule has 154 valence electrons. The number of fused-ring (bicyclic) bond motifs is 1. The van der Waals surface area contributed by atoms with Gasteiger partial charge in [-0.1, -0.05) is 36.8 Å². The van der Waals surface area contributed by atoms with Crippen molar-refractivity contribution >= 4 is 5.91 Å². The number of hydrogen-bond donors (Lipinski definition) is 1. The Hall–Kier alpha value is -2.33. The van der Waals surface area contributed by atoms with Crippen molar-refractivity contribution in [1.82, 2.24) is 10.2 Å². The topological polar surface area (TPSA) is 41.6 Å². The molecular formula is C25H32N2O2. The normalized spacial score (nSPS) is 17.6. The second-order valence-electron chi connectivity index (χ2n) is 8.32. The Kier molecular flexibility index (Phi) is 6.50. The van der Waals surface area contributed by atoms with Gasteiger partial charge in [0.1, 0.15) is 5.75 Å². The summed E-state index contributed by atoms with van der Waals surface area (Å²) in [6.07, 6.45) is 7.80. The van der Waals surface area contributed by atoms with Crippen LogP contribution in [-0.2, 0) is 24.1 Å². The van der Waals surface area contributed by atoms with E-state index in [1.165, 1.54) is 48.8 Å². The van der Waals surface area contributed by atoms with E-state index in [4.69, 9.17) is 4.74 Å². The van der Waals surface area contributed by atoms with E-state index in [0.717, 1.165) is 30.8 Å². The largest absolute Gasteiger partial charge is 0.497 e. The van der Waals surface area contributed by atoms with Crippen LogP contribution in [0.2, 0.25) is 0 Å². The predicted octanol–water partition coefficient (Wildman–Crippen LogP) is 4.07. The van der Waals surface area contributed by atoms with E-state index in [9.17, 15) is 4.79 Å². The van der Waals surface area contributed by atoms with Gasteiger partial charge in [0.25, 0.3) is 0 Å². The fourth-order valence-electron chi connectivity index (χ4n) is 4.71. The quantitative estimate of drug-likeness (QED) is 0.772. The first kappa shape index (κ1) is 20.0. The number of nitrogens with zero attached hydrogens (tertiary/aromatic N) is 1. The molecule has 0 radical (unpaired) electrons. The average molecular weight is 393 g/mol. The van der Waals surface area contributed by atoms with E-state index < -0.39 is 0 Å². The molecule has 4 nitrogen and oxygen atoms in total. The Morgan fingerprint density at radius 2 is 1.76 bits per heavy atom. The van der Waals surface area contributed by atoms with Crippen LogP contribution in [0.4, 0.5) is 0 Å². The van der Waals surface area contributed by atoms with Crippen molar-refractivity contribution in [2.24, 2.45) is 0 Å². The Labute approximate surface area is 174 Å². The van der Waals surface area contributed by atoms with Gasteiger partial charge in [-0.3, -0.25) is 9.69 Å². The first-order valence-corrected chi connectivity index (χ1v) is 11.0. The van der Waals surface area contributed by atoms with Crippen LogP contribution in [0.3, 0.4) is 0 Å². The van der Waals surface area contributed by atoms with Crippen molar-refractivity contribution in [3.8, 4) is 5.75 Å². The van der Waals surface area contributed by atoms with Gasteiger partial charge in [-0.25, -0.2) is 0 Å². The molecule has 1 saturated heterocycles. The van der Waals surface area contributed by atoms with E-state index in [2.05, 4.69) is 40.5 Å². The number of aryl methyl sites for hydroxylation is 2. The van der Waals surface area contributed by atoms with Crippen LogP contribution < -0.4 is 10.1 Å². The minimum Gasteiger partial charge on any atom is -0.497 e. The zero-order valence-electron chi connectivity index (χ0n) is 17.5. The number of piperidine rings is 1. The predicted molar refractivity (Wildman–Crippen MR) is 116 cm³/mol. The molecule has 4 heteroatoms. The monoisotopic (exact) mass is 392 g/mol. The summed E-state index contributed by atoms with van der Waals surface area (Å²) < 4.78 is 5.31. The van der Waals surface area contributed by atoms with Crippen molar-refractivity contribution in [3.63, 3.8) is 0 Å². The molecule has 29 heavy (non-hydrogen) atoms. The molecular weight excluding hydrogens is 360 g/mol. The molecule has 1 atom stereocenters. The summed E-state index contributed by atoms with van der Waals surface area (Å²) in [5, 5.41) is 3.21. The van der Waals surface area contributed by atoms with Gasteiger partial charge >= 0.3 is 0 Å². The number of likely N-dealkylation sites (tertiary alicyclic amines) is 1. The van der Waals surface area contributed by atoms with E-state index in [1.807, 2.05) is 12.1 Å². The summed E-state index contributed by atoms with van der Waals surface area (Å²) in [6.45, 7) is 2.84. The summed E-state index contributed by atoms with van der Waals surface area (Å²) in [7, 11) is 1.69. The summed E-state index contributed by atoms with van der Waals surface area (Å²) in [5.41, 5.74) is 5.26. The number of benzene rings is 2. The van der Waals surface area contributed by atoms with Crippen molar-refractivity contribution in [3.05, 3.63) is 64.7 Å². The van der Waals surface area contributed by atoms with Crippen LogP contribution in [0.15, 0.2) is 42.5 Å².